The fourth-order valence-corrected chi connectivity index (χ4v) is 8.14. The highest BCUT2D eigenvalue weighted by Crippen LogP contribution is 2.41. The molecule has 4 heterocycles. The third kappa shape index (κ3) is 8.82. The number of para-hydroxylation sites is 1. The summed E-state index contributed by atoms with van der Waals surface area (Å²) in [5, 5.41) is 0.591. The zero-order valence-corrected chi connectivity index (χ0v) is 36.6. The summed E-state index contributed by atoms with van der Waals surface area (Å²) in [5.41, 5.74) is 0.0718. The molecular weight excluding hydrogens is 810 g/mol. The van der Waals surface area contributed by atoms with Gasteiger partial charge in [-0.1, -0.05) is 167 Å². The van der Waals surface area contributed by atoms with Crippen LogP contribution in [0.25, 0.3) is 66.8 Å². The molecule has 0 spiro atoms. The molecule has 4 nitrogen and oxygen atoms in total. The van der Waals surface area contributed by atoms with Crippen molar-refractivity contribution in [2.75, 3.05) is 0 Å². The molecule has 6 aromatic carbocycles. The highest BCUT2D eigenvalue weighted by atomic mass is 19.1. The molecule has 0 aliphatic rings. The number of rotatable bonds is 13. The van der Waals surface area contributed by atoms with Crippen molar-refractivity contribution in [3.05, 3.63) is 234 Å². The van der Waals surface area contributed by atoms with Crippen LogP contribution in [0.3, 0.4) is 0 Å². The molecular formula is C61H52FN3O. The van der Waals surface area contributed by atoms with E-state index in [1.54, 1.807) is 82.6 Å². The molecule has 0 fully saturated rings. The summed E-state index contributed by atoms with van der Waals surface area (Å²) < 4.78 is 151. The first-order chi connectivity index (χ1) is 37.6. The maximum absolute atomic E-state index is 16.1. The van der Waals surface area contributed by atoms with E-state index in [4.69, 9.17) is 12.6 Å². The van der Waals surface area contributed by atoms with Gasteiger partial charge in [-0.2, -0.15) is 0 Å². The van der Waals surface area contributed by atoms with E-state index in [0.29, 0.717) is 33.5 Å². The number of furan rings is 1. The van der Waals surface area contributed by atoms with Crippen molar-refractivity contribution in [2.24, 2.45) is 0 Å². The first-order valence-electron chi connectivity index (χ1n) is 28.5. The minimum Gasteiger partial charge on any atom is -0.455 e. The van der Waals surface area contributed by atoms with E-state index in [1.807, 2.05) is 60.7 Å². The van der Waals surface area contributed by atoms with Crippen molar-refractivity contribution < 1.29 is 28.0 Å². The molecule has 0 unspecified atom stereocenters. The highest BCUT2D eigenvalue weighted by Gasteiger charge is 2.26. The van der Waals surface area contributed by atoms with Gasteiger partial charge in [0.1, 0.15) is 17.0 Å². The lowest BCUT2D eigenvalue weighted by molar-refractivity contribution is 0.512. The van der Waals surface area contributed by atoms with Crippen molar-refractivity contribution in [3.63, 3.8) is 0 Å². The molecule has 0 saturated carbocycles. The molecule has 324 valence electrons. The summed E-state index contributed by atoms with van der Waals surface area (Å²) in [5.74, 6) is -1.16. The van der Waals surface area contributed by atoms with Gasteiger partial charge in [0.2, 0.25) is 0 Å². The quantitative estimate of drug-likeness (QED) is 0.116. The Morgan fingerprint density at radius 1 is 0.500 bits per heavy atom. The smallest absolute Gasteiger partial charge is 0.146 e. The van der Waals surface area contributed by atoms with E-state index in [2.05, 4.69) is 15.0 Å². The van der Waals surface area contributed by atoms with Gasteiger partial charge >= 0.3 is 0 Å². The number of fused-ring (bicyclic) bond motifs is 3. The average molecular weight is 876 g/mol. The second-order valence-corrected chi connectivity index (χ2v) is 17.1. The van der Waals surface area contributed by atoms with Crippen LogP contribution in [0.1, 0.15) is 80.3 Å². The SMILES string of the molecule is [2H]c1cc2c(oc3c(-c4ccc(C([2H])([2H])C([2H])([2H])c5cc(C([2H])([2H])C(C)(C)c6ccc(-c7ccccc7)nc6)cc(C([2H])([2H])C(C)(C)c6ccc(-c7ccccc7)nc6)c5)cn4)cccc32)c(-c2c([2H])c([2H])c([2H])c([2H])c2[2H])c1F. The van der Waals surface area contributed by atoms with Gasteiger partial charge in [0, 0.05) is 57.0 Å². The molecule has 66 heavy (non-hydrogen) atoms. The molecule has 10 rings (SSSR count). The molecule has 0 aliphatic carbocycles. The van der Waals surface area contributed by atoms with E-state index < -0.39 is 89.5 Å². The van der Waals surface area contributed by atoms with Gasteiger partial charge in [-0.25, -0.2) is 4.39 Å². The van der Waals surface area contributed by atoms with Crippen molar-refractivity contribution in [2.45, 2.75) is 64.0 Å². The topological polar surface area (TPSA) is 51.8 Å². The summed E-state index contributed by atoms with van der Waals surface area (Å²) >= 11 is 0. The molecule has 0 atom stereocenters. The molecule has 10 aromatic rings. The Morgan fingerprint density at radius 2 is 1.05 bits per heavy atom. The van der Waals surface area contributed by atoms with Gasteiger partial charge in [0.05, 0.1) is 30.9 Å². The van der Waals surface area contributed by atoms with Crippen LogP contribution in [0.4, 0.5) is 4.39 Å². The normalized spacial score (nSPS) is 15.9. The second-order valence-electron chi connectivity index (χ2n) is 17.1. The van der Waals surface area contributed by atoms with E-state index in [1.165, 1.54) is 36.4 Å². The molecule has 5 heteroatoms. The number of pyridine rings is 3. The number of hydrogen-bond acceptors (Lipinski definition) is 4. The number of halogens is 1. The van der Waals surface area contributed by atoms with Crippen LogP contribution in [0, 0.1) is 5.82 Å². The Balaban J connectivity index is 1.06. The van der Waals surface area contributed by atoms with Crippen molar-refractivity contribution in [3.8, 4) is 44.9 Å². The Hall–Kier alpha value is -7.50. The molecule has 4 aromatic heterocycles. The van der Waals surface area contributed by atoms with Gasteiger partial charge in [-0.3, -0.25) is 15.0 Å². The van der Waals surface area contributed by atoms with Crippen molar-refractivity contribution >= 4 is 21.9 Å². The van der Waals surface area contributed by atoms with Crippen LogP contribution in [-0.4, -0.2) is 15.0 Å². The van der Waals surface area contributed by atoms with E-state index in [9.17, 15) is 11.0 Å². The summed E-state index contributed by atoms with van der Waals surface area (Å²) in [4.78, 5) is 13.9. The Bertz CT molecular complexity index is 3870. The molecule has 0 radical (unpaired) electrons. The summed E-state index contributed by atoms with van der Waals surface area (Å²) in [6.45, 7) is 6.76. The Kier molecular flexibility index (Phi) is 7.86. The number of aromatic nitrogens is 3. The van der Waals surface area contributed by atoms with Crippen LogP contribution in [0.15, 0.2) is 199 Å². The fraction of sp³-hybridized carbons (Fsp3) is 0.164. The lowest BCUT2D eigenvalue weighted by Crippen LogP contribution is -2.23. The van der Waals surface area contributed by atoms with Gasteiger partial charge < -0.3 is 4.42 Å². The first-order valence-corrected chi connectivity index (χ1v) is 21.5. The van der Waals surface area contributed by atoms with Gasteiger partial charge in [-0.05, 0) is 112 Å². The van der Waals surface area contributed by atoms with Crippen molar-refractivity contribution in [1.82, 2.24) is 15.0 Å². The van der Waals surface area contributed by atoms with Gasteiger partial charge in [0.25, 0.3) is 0 Å². The van der Waals surface area contributed by atoms with Gasteiger partial charge in [-0.15, -0.1) is 0 Å². The minimum absolute atomic E-state index is 0.0985. The second kappa shape index (κ2) is 17.8. The summed E-state index contributed by atoms with van der Waals surface area (Å²) in [6.07, 6.45) is -6.28. The average Bonchev–Trinajstić information content (AvgIpc) is 3.83. The fourth-order valence-electron chi connectivity index (χ4n) is 8.14. The zero-order chi connectivity index (χ0) is 57.6. The predicted molar refractivity (Wildman–Crippen MR) is 269 cm³/mol. The van der Waals surface area contributed by atoms with Crippen molar-refractivity contribution in [1.29, 1.82) is 0 Å². The number of aryl methyl sites for hydroxylation is 2. The largest absolute Gasteiger partial charge is 0.455 e. The third-order valence-corrected chi connectivity index (χ3v) is 11.6. The van der Waals surface area contributed by atoms with Gasteiger partial charge in [0.15, 0.2) is 0 Å². The zero-order valence-electron chi connectivity index (χ0n) is 50.6. The van der Waals surface area contributed by atoms with Crippen LogP contribution < -0.4 is 0 Å². The summed E-state index contributed by atoms with van der Waals surface area (Å²) in [7, 11) is 0. The van der Waals surface area contributed by atoms with Crippen LogP contribution in [0.5, 0.6) is 0 Å². The van der Waals surface area contributed by atoms with E-state index >= 15 is 4.39 Å². The standard InChI is InChI=1S/C61H52FN3O/c1-60(2,48-26-31-54(64-39-48)45-15-8-5-9-16-45)36-43-33-42(34-44(35-43)37-61(3,4)49-27-32-55(65-40-49)46-17-10-6-11-18-46)24-23-41-25-30-56(63-38-41)52-22-14-21-50-51-28-29-53(62)57(59(51)66-58(50)52)47-19-12-7-13-20-47/h5-22,25-35,38-40H,23-24,36-37H2,1-4H3/i7D,12D,13D,19D,20D,23D2,24D2,29D,36D2,37D2. The highest BCUT2D eigenvalue weighted by molar-refractivity contribution is 6.12. The number of nitrogens with zero attached hydrogens (tertiary/aromatic N) is 3. The molecule has 0 aliphatic heterocycles. The molecule has 0 saturated heterocycles. The van der Waals surface area contributed by atoms with Crippen LogP contribution in [0.2, 0.25) is 0 Å². The Labute approximate surface area is 406 Å². The maximum atomic E-state index is 16.1. The van der Waals surface area contributed by atoms with Crippen LogP contribution >= 0.6 is 0 Å². The van der Waals surface area contributed by atoms with E-state index in [-0.39, 0.29) is 44.5 Å². The minimum atomic E-state index is -2.99. The van der Waals surface area contributed by atoms with Crippen LogP contribution in [-0.2, 0) is 36.3 Å². The van der Waals surface area contributed by atoms with E-state index in [0.717, 1.165) is 17.3 Å². The first kappa shape index (κ1) is 29.1. The lowest BCUT2D eigenvalue weighted by Gasteiger charge is -2.28. The predicted octanol–water partition coefficient (Wildman–Crippen LogP) is 15.4. The maximum Gasteiger partial charge on any atom is 0.146 e. The monoisotopic (exact) mass is 875 g/mol. The summed E-state index contributed by atoms with van der Waals surface area (Å²) in [6, 6.07) is 35.0. The third-order valence-electron chi connectivity index (χ3n) is 11.6. The molecule has 0 bridgehead atoms. The number of hydrogen-bond donors (Lipinski definition) is 0. The number of benzene rings is 6. The molecule has 0 N–H and O–H groups in total. The lowest BCUT2D eigenvalue weighted by atomic mass is 9.77. The Morgan fingerprint density at radius 3 is 1.61 bits per heavy atom. The molecule has 0 amide bonds.